The molecule has 0 spiro atoms. The van der Waals surface area contributed by atoms with Gasteiger partial charge in [0.15, 0.2) is 0 Å². The molecule has 0 aromatic rings. The Kier molecular flexibility index (Phi) is 5.06. The smallest absolute Gasteiger partial charge is 0.433 e. The fourth-order valence-electron chi connectivity index (χ4n) is 1.93. The highest BCUT2D eigenvalue weighted by atomic mass is 32.2. The van der Waals surface area contributed by atoms with E-state index in [4.69, 9.17) is 4.55 Å². The van der Waals surface area contributed by atoms with Crippen LogP contribution in [0.5, 0.6) is 0 Å². The van der Waals surface area contributed by atoms with Crippen molar-refractivity contribution in [3.8, 4) is 0 Å². The number of esters is 1. The lowest BCUT2D eigenvalue weighted by Crippen LogP contribution is -2.45. The molecule has 1 atom stereocenters. The van der Waals surface area contributed by atoms with Gasteiger partial charge in [-0.2, -0.15) is 12.8 Å². The number of hydrogen-bond acceptors (Lipinski definition) is 5. The first-order valence-corrected chi connectivity index (χ1v) is 7.13. The van der Waals surface area contributed by atoms with E-state index in [2.05, 4.69) is 9.47 Å². The molecular formula is C10H17FO6S. The number of alkyl halides is 1. The molecule has 0 bridgehead atoms. The Bertz CT molecular complexity index is 389. The lowest BCUT2D eigenvalue weighted by atomic mass is 9.90. The molecule has 0 aliphatic heterocycles. The molecule has 18 heavy (non-hydrogen) atoms. The predicted molar refractivity (Wildman–Crippen MR) is 59.9 cm³/mol. The number of carbonyl (C=O) groups is 1. The van der Waals surface area contributed by atoms with Gasteiger partial charge in [0, 0.05) is 7.11 Å². The van der Waals surface area contributed by atoms with Gasteiger partial charge in [0.05, 0.1) is 6.61 Å². The highest BCUT2D eigenvalue weighted by Gasteiger charge is 2.54. The van der Waals surface area contributed by atoms with Gasteiger partial charge in [-0.15, -0.1) is 0 Å². The molecule has 106 valence electrons. The molecule has 0 amide bonds. The Hall–Kier alpha value is -0.730. The number of carbonyl (C=O) groups excluding carboxylic acids is 1. The van der Waals surface area contributed by atoms with Crippen molar-refractivity contribution in [2.45, 2.75) is 37.3 Å². The number of rotatable bonds is 5. The van der Waals surface area contributed by atoms with Crippen LogP contribution in [0.1, 0.15) is 32.1 Å². The zero-order valence-electron chi connectivity index (χ0n) is 10.1. The summed E-state index contributed by atoms with van der Waals surface area (Å²) in [6, 6.07) is 0. The first kappa shape index (κ1) is 15.3. The largest absolute Gasteiger partial charge is 0.460 e. The quantitative estimate of drug-likeness (QED) is 0.604. The van der Waals surface area contributed by atoms with Crippen LogP contribution >= 0.6 is 0 Å². The fraction of sp³-hybridized carbons (Fsp3) is 0.900. The average molecular weight is 284 g/mol. The maximum absolute atomic E-state index is 13.6. The number of hydrogen-bond donors (Lipinski definition) is 1. The summed E-state index contributed by atoms with van der Waals surface area (Å²) >= 11 is 0. The standard InChI is InChI=1S/C10H17FO6S/c1-16-10(11,18(13,14)15)9(12)17-7-8-5-3-2-4-6-8/h8H,2-7H2,1H3,(H,13,14,15). The van der Waals surface area contributed by atoms with Crippen LogP contribution in [0.4, 0.5) is 4.39 Å². The van der Waals surface area contributed by atoms with Crippen LogP contribution in [0.25, 0.3) is 0 Å². The molecular weight excluding hydrogens is 267 g/mol. The van der Waals surface area contributed by atoms with E-state index >= 15 is 0 Å². The van der Waals surface area contributed by atoms with Gasteiger partial charge >= 0.3 is 21.3 Å². The van der Waals surface area contributed by atoms with E-state index in [1.54, 1.807) is 0 Å². The molecule has 1 fully saturated rings. The van der Waals surface area contributed by atoms with E-state index in [1.807, 2.05) is 0 Å². The molecule has 1 aliphatic carbocycles. The summed E-state index contributed by atoms with van der Waals surface area (Å²) in [7, 11) is -4.67. The van der Waals surface area contributed by atoms with Crippen molar-refractivity contribution < 1.29 is 31.6 Å². The first-order valence-electron chi connectivity index (χ1n) is 5.69. The molecule has 1 saturated carbocycles. The summed E-state index contributed by atoms with van der Waals surface area (Å²) in [5.41, 5.74) is 0. The van der Waals surface area contributed by atoms with Gasteiger partial charge in [-0.05, 0) is 18.8 Å². The second-order valence-electron chi connectivity index (χ2n) is 4.32. The molecule has 1 rings (SSSR count). The predicted octanol–water partition coefficient (Wildman–Crippen LogP) is 1.27. The highest BCUT2D eigenvalue weighted by molar-refractivity contribution is 7.87. The van der Waals surface area contributed by atoms with Gasteiger partial charge in [-0.3, -0.25) is 4.55 Å². The Morgan fingerprint density at radius 1 is 1.39 bits per heavy atom. The normalized spacial score (nSPS) is 21.3. The van der Waals surface area contributed by atoms with Crippen molar-refractivity contribution in [3.63, 3.8) is 0 Å². The maximum atomic E-state index is 13.6. The minimum atomic E-state index is -5.33. The molecule has 0 radical (unpaired) electrons. The van der Waals surface area contributed by atoms with Crippen molar-refractivity contribution in [2.75, 3.05) is 13.7 Å². The van der Waals surface area contributed by atoms with E-state index < -0.39 is 21.3 Å². The van der Waals surface area contributed by atoms with E-state index in [1.165, 1.54) is 0 Å². The van der Waals surface area contributed by atoms with E-state index in [0.717, 1.165) is 32.1 Å². The van der Waals surface area contributed by atoms with E-state index in [9.17, 15) is 17.6 Å². The lowest BCUT2D eigenvalue weighted by molar-refractivity contribution is -0.177. The van der Waals surface area contributed by atoms with Gasteiger partial charge in [0.25, 0.3) is 0 Å². The second-order valence-corrected chi connectivity index (χ2v) is 5.79. The van der Waals surface area contributed by atoms with Crippen LogP contribution in [-0.2, 0) is 24.4 Å². The van der Waals surface area contributed by atoms with Crippen molar-refractivity contribution in [1.82, 2.24) is 0 Å². The lowest BCUT2D eigenvalue weighted by Gasteiger charge is -2.23. The minimum absolute atomic E-state index is 0.0661. The Balaban J connectivity index is 2.58. The zero-order chi connectivity index (χ0) is 13.8. The number of methoxy groups -OCH3 is 1. The average Bonchev–Trinajstić information content (AvgIpc) is 2.34. The molecule has 0 saturated heterocycles. The summed E-state index contributed by atoms with van der Waals surface area (Å²) in [5.74, 6) is -1.64. The number of ether oxygens (including phenoxy) is 2. The molecule has 0 aromatic carbocycles. The molecule has 0 heterocycles. The van der Waals surface area contributed by atoms with E-state index in [-0.39, 0.29) is 12.5 Å². The number of halogens is 1. The van der Waals surface area contributed by atoms with Crippen molar-refractivity contribution in [1.29, 1.82) is 0 Å². The van der Waals surface area contributed by atoms with Crippen LogP contribution in [0.15, 0.2) is 0 Å². The van der Waals surface area contributed by atoms with Gasteiger partial charge in [-0.25, -0.2) is 4.79 Å². The Morgan fingerprint density at radius 3 is 2.39 bits per heavy atom. The van der Waals surface area contributed by atoms with Crippen molar-refractivity contribution >= 4 is 16.1 Å². The molecule has 1 unspecified atom stereocenters. The van der Waals surface area contributed by atoms with Gasteiger partial charge in [-0.1, -0.05) is 19.3 Å². The van der Waals surface area contributed by atoms with Crippen LogP contribution < -0.4 is 0 Å². The van der Waals surface area contributed by atoms with Crippen molar-refractivity contribution in [3.05, 3.63) is 0 Å². The van der Waals surface area contributed by atoms with Crippen LogP contribution in [-0.4, -0.2) is 37.8 Å². The second kappa shape index (κ2) is 5.94. The third kappa shape index (κ3) is 3.39. The molecule has 1 aliphatic rings. The SMILES string of the molecule is COC(F)(C(=O)OCC1CCCCC1)S(=O)(=O)O. The molecule has 8 heteroatoms. The fourth-order valence-corrected chi connectivity index (χ4v) is 2.41. The Labute approximate surface area is 105 Å². The minimum Gasteiger partial charge on any atom is -0.460 e. The topological polar surface area (TPSA) is 89.9 Å². The summed E-state index contributed by atoms with van der Waals surface area (Å²) in [5, 5.41) is -3.85. The van der Waals surface area contributed by atoms with E-state index in [0.29, 0.717) is 7.11 Å². The molecule has 1 N–H and O–H groups in total. The summed E-state index contributed by atoms with van der Waals surface area (Å²) in [6.07, 6.45) is 4.83. The van der Waals surface area contributed by atoms with Gasteiger partial charge in [0.1, 0.15) is 0 Å². The monoisotopic (exact) mass is 284 g/mol. The van der Waals surface area contributed by atoms with Crippen LogP contribution in [0.3, 0.4) is 0 Å². The molecule has 6 nitrogen and oxygen atoms in total. The third-order valence-corrected chi connectivity index (χ3v) is 4.01. The third-order valence-electron chi connectivity index (χ3n) is 3.01. The summed E-state index contributed by atoms with van der Waals surface area (Å²) < 4.78 is 52.2. The Morgan fingerprint density at radius 2 is 1.94 bits per heavy atom. The highest BCUT2D eigenvalue weighted by Crippen LogP contribution is 2.26. The summed E-state index contributed by atoms with van der Waals surface area (Å²) in [4.78, 5) is 11.3. The zero-order valence-corrected chi connectivity index (χ0v) is 10.9. The van der Waals surface area contributed by atoms with Crippen molar-refractivity contribution in [2.24, 2.45) is 5.92 Å². The first-order chi connectivity index (χ1) is 8.31. The van der Waals surface area contributed by atoms with Gasteiger partial charge in [0.2, 0.25) is 0 Å². The molecule has 0 aromatic heterocycles. The summed E-state index contributed by atoms with van der Waals surface area (Å²) in [6.45, 7) is -0.0661. The maximum Gasteiger partial charge on any atom is 0.433 e. The van der Waals surface area contributed by atoms with Crippen LogP contribution in [0, 0.1) is 5.92 Å². The van der Waals surface area contributed by atoms with Crippen LogP contribution in [0.2, 0.25) is 0 Å². The van der Waals surface area contributed by atoms with Gasteiger partial charge < -0.3 is 9.47 Å².